The highest BCUT2D eigenvalue weighted by molar-refractivity contribution is 7.99. The molecule has 7 nitrogen and oxygen atoms in total. The largest absolute Gasteiger partial charge is 0.335 e. The Hall–Kier alpha value is -2.78. The molecule has 1 saturated heterocycles. The van der Waals surface area contributed by atoms with Crippen LogP contribution in [0.3, 0.4) is 0 Å². The molecule has 1 fully saturated rings. The van der Waals surface area contributed by atoms with Crippen LogP contribution >= 0.6 is 11.8 Å². The molecule has 34 heavy (non-hydrogen) atoms. The van der Waals surface area contributed by atoms with E-state index in [9.17, 15) is 13.2 Å². The Kier molecular flexibility index (Phi) is 7.63. The van der Waals surface area contributed by atoms with Crippen LogP contribution in [0.5, 0.6) is 0 Å². The van der Waals surface area contributed by atoms with Crippen molar-refractivity contribution in [3.63, 3.8) is 0 Å². The van der Waals surface area contributed by atoms with E-state index in [0.717, 1.165) is 17.5 Å². The zero-order valence-corrected chi connectivity index (χ0v) is 20.9. The number of benzene rings is 2. The minimum absolute atomic E-state index is 0.0363. The van der Waals surface area contributed by atoms with Gasteiger partial charge in [-0.25, -0.2) is 13.4 Å². The lowest BCUT2D eigenvalue weighted by Crippen LogP contribution is -2.47. The maximum atomic E-state index is 13.2. The molecule has 0 bridgehead atoms. The molecule has 0 radical (unpaired) electrons. The van der Waals surface area contributed by atoms with Gasteiger partial charge in [-0.1, -0.05) is 79.3 Å². The number of hydrogen-bond acceptors (Lipinski definition) is 7. The number of carbonyl (C=O) groups excluding carboxylic acids is 1. The van der Waals surface area contributed by atoms with Crippen molar-refractivity contribution in [2.45, 2.75) is 43.9 Å². The van der Waals surface area contributed by atoms with Gasteiger partial charge in [0.15, 0.2) is 9.84 Å². The lowest BCUT2D eigenvalue weighted by atomic mass is 10.0. The van der Waals surface area contributed by atoms with E-state index >= 15 is 0 Å². The fraction of sp³-hybridized carbons (Fsp3) is 0.360. The summed E-state index contributed by atoms with van der Waals surface area (Å²) < 4.78 is 24.0. The number of amides is 1. The van der Waals surface area contributed by atoms with Gasteiger partial charge in [-0.15, -0.1) is 10.2 Å². The Bertz CT molecular complexity index is 1240. The van der Waals surface area contributed by atoms with Crippen LogP contribution in [0.1, 0.15) is 26.7 Å². The molecular weight excluding hydrogens is 468 g/mol. The minimum Gasteiger partial charge on any atom is -0.335 e. The number of sulfone groups is 1. The van der Waals surface area contributed by atoms with Crippen LogP contribution in [0.25, 0.3) is 22.5 Å². The van der Waals surface area contributed by atoms with Crippen LogP contribution < -0.4 is 0 Å². The molecule has 2 atom stereocenters. The molecule has 178 valence electrons. The van der Waals surface area contributed by atoms with E-state index in [1.54, 1.807) is 4.90 Å². The molecule has 0 N–H and O–H groups in total. The summed E-state index contributed by atoms with van der Waals surface area (Å²) in [6, 6.07) is 19.2. The third-order valence-corrected chi connectivity index (χ3v) is 8.61. The molecule has 9 heteroatoms. The highest BCUT2D eigenvalue weighted by Crippen LogP contribution is 2.30. The van der Waals surface area contributed by atoms with E-state index in [2.05, 4.69) is 10.2 Å². The Morgan fingerprint density at radius 3 is 2.21 bits per heavy atom. The first-order chi connectivity index (χ1) is 16.4. The molecular formula is C25H28N4O3S2. The Balaban J connectivity index is 1.57. The summed E-state index contributed by atoms with van der Waals surface area (Å²) in [7, 11) is -3.09. The van der Waals surface area contributed by atoms with E-state index in [1.807, 2.05) is 74.5 Å². The minimum atomic E-state index is -3.09. The summed E-state index contributed by atoms with van der Waals surface area (Å²) in [4.78, 5) is 19.7. The first-order valence-electron chi connectivity index (χ1n) is 11.4. The molecule has 2 unspecified atom stereocenters. The number of carbonyl (C=O) groups is 1. The Morgan fingerprint density at radius 2 is 1.65 bits per heavy atom. The fourth-order valence-corrected chi connectivity index (χ4v) is 6.53. The zero-order chi connectivity index (χ0) is 24.1. The van der Waals surface area contributed by atoms with Gasteiger partial charge in [0.05, 0.1) is 17.3 Å². The van der Waals surface area contributed by atoms with Gasteiger partial charge in [0, 0.05) is 23.2 Å². The molecule has 1 aromatic heterocycles. The SMILES string of the molecule is CCC(C)N(C(=O)CSc1nnc(-c2ccccc2)c(-c2ccccc2)n1)C1CCS(=O)(=O)C1. The lowest BCUT2D eigenvalue weighted by molar-refractivity contribution is -0.132. The third-order valence-electron chi connectivity index (χ3n) is 6.04. The number of nitrogens with zero attached hydrogens (tertiary/aromatic N) is 4. The van der Waals surface area contributed by atoms with Gasteiger partial charge in [-0.3, -0.25) is 4.79 Å². The second kappa shape index (κ2) is 10.7. The van der Waals surface area contributed by atoms with Crippen molar-refractivity contribution in [2.24, 2.45) is 0 Å². The van der Waals surface area contributed by atoms with E-state index in [1.165, 1.54) is 11.8 Å². The van der Waals surface area contributed by atoms with Crippen LogP contribution in [0.2, 0.25) is 0 Å². The third kappa shape index (κ3) is 5.64. The average Bonchev–Trinajstić information content (AvgIpc) is 3.22. The van der Waals surface area contributed by atoms with E-state index in [-0.39, 0.29) is 35.2 Å². The van der Waals surface area contributed by atoms with Crippen LogP contribution in [0.15, 0.2) is 65.8 Å². The zero-order valence-electron chi connectivity index (χ0n) is 19.3. The monoisotopic (exact) mass is 496 g/mol. The number of thioether (sulfide) groups is 1. The summed E-state index contributed by atoms with van der Waals surface area (Å²) in [5, 5.41) is 9.16. The molecule has 1 aliphatic rings. The summed E-state index contributed by atoms with van der Waals surface area (Å²) >= 11 is 1.23. The highest BCUT2D eigenvalue weighted by Gasteiger charge is 2.36. The van der Waals surface area contributed by atoms with Gasteiger partial charge >= 0.3 is 0 Å². The van der Waals surface area contributed by atoms with Crippen molar-refractivity contribution in [1.29, 1.82) is 0 Å². The number of hydrogen-bond donors (Lipinski definition) is 0. The molecule has 3 aromatic rings. The van der Waals surface area contributed by atoms with Crippen LogP contribution in [0.4, 0.5) is 0 Å². The van der Waals surface area contributed by atoms with Gasteiger partial charge < -0.3 is 4.90 Å². The summed E-state index contributed by atoms with van der Waals surface area (Å²) in [6.45, 7) is 3.97. The molecule has 2 aromatic carbocycles. The van der Waals surface area contributed by atoms with Crippen LogP contribution in [0, 0.1) is 0 Å². The van der Waals surface area contributed by atoms with E-state index in [0.29, 0.717) is 23.0 Å². The normalized spacial score (nSPS) is 17.9. The predicted molar refractivity (Wildman–Crippen MR) is 135 cm³/mol. The van der Waals surface area contributed by atoms with Gasteiger partial charge in [0.1, 0.15) is 11.4 Å². The van der Waals surface area contributed by atoms with Crippen LogP contribution in [-0.2, 0) is 14.6 Å². The predicted octanol–water partition coefficient (Wildman–Crippen LogP) is 4.11. The molecule has 1 aliphatic heterocycles. The molecule has 4 rings (SSSR count). The van der Waals surface area contributed by atoms with Gasteiger partial charge in [0.2, 0.25) is 11.1 Å². The Labute approximate surface area is 204 Å². The molecule has 1 amide bonds. The summed E-state index contributed by atoms with van der Waals surface area (Å²) in [5.74, 6) is 0.204. The number of rotatable bonds is 8. The summed E-state index contributed by atoms with van der Waals surface area (Å²) in [5.41, 5.74) is 3.22. The van der Waals surface area contributed by atoms with Gasteiger partial charge in [-0.2, -0.15) is 0 Å². The van der Waals surface area contributed by atoms with Gasteiger partial charge in [-0.05, 0) is 19.8 Å². The maximum absolute atomic E-state index is 13.2. The smallest absolute Gasteiger partial charge is 0.233 e. The van der Waals surface area contributed by atoms with Crippen LogP contribution in [-0.4, -0.2) is 63.7 Å². The first kappa shape index (κ1) is 24.3. The van der Waals surface area contributed by atoms with E-state index in [4.69, 9.17) is 4.98 Å². The molecule has 0 saturated carbocycles. The molecule has 2 heterocycles. The van der Waals surface area contributed by atoms with Gasteiger partial charge in [0.25, 0.3) is 0 Å². The molecule has 0 aliphatic carbocycles. The topological polar surface area (TPSA) is 93.1 Å². The van der Waals surface area contributed by atoms with Crippen molar-refractivity contribution in [2.75, 3.05) is 17.3 Å². The van der Waals surface area contributed by atoms with Crippen molar-refractivity contribution < 1.29 is 13.2 Å². The maximum Gasteiger partial charge on any atom is 0.233 e. The van der Waals surface area contributed by atoms with Crippen molar-refractivity contribution in [1.82, 2.24) is 20.1 Å². The standard InChI is InChI=1S/C25H28N4O3S2/c1-3-18(2)29(21-14-15-34(31,32)17-21)22(30)16-33-25-26-23(19-10-6-4-7-11-19)24(27-28-25)20-12-8-5-9-13-20/h4-13,18,21H,3,14-17H2,1-2H3. The molecule has 0 spiro atoms. The lowest BCUT2D eigenvalue weighted by Gasteiger charge is -2.33. The van der Waals surface area contributed by atoms with Crippen molar-refractivity contribution >= 4 is 27.5 Å². The van der Waals surface area contributed by atoms with Crippen molar-refractivity contribution in [3.05, 3.63) is 60.7 Å². The highest BCUT2D eigenvalue weighted by atomic mass is 32.2. The number of aromatic nitrogens is 3. The average molecular weight is 497 g/mol. The first-order valence-corrected chi connectivity index (χ1v) is 14.2. The fourth-order valence-electron chi connectivity index (χ4n) is 4.16. The van der Waals surface area contributed by atoms with E-state index < -0.39 is 9.84 Å². The quantitative estimate of drug-likeness (QED) is 0.433. The Morgan fingerprint density at radius 1 is 1.03 bits per heavy atom. The second-order valence-corrected chi connectivity index (χ2v) is 11.6. The second-order valence-electron chi connectivity index (χ2n) is 8.43. The summed E-state index contributed by atoms with van der Waals surface area (Å²) in [6.07, 6.45) is 1.25. The van der Waals surface area contributed by atoms with Crippen molar-refractivity contribution in [3.8, 4) is 22.5 Å².